The second kappa shape index (κ2) is 7.89. The van der Waals surface area contributed by atoms with E-state index in [9.17, 15) is 4.79 Å². The first-order valence-corrected chi connectivity index (χ1v) is 8.21. The van der Waals surface area contributed by atoms with Crippen LogP contribution >= 0.6 is 11.8 Å². The van der Waals surface area contributed by atoms with Gasteiger partial charge in [-0.2, -0.15) is 0 Å². The van der Waals surface area contributed by atoms with Crippen molar-refractivity contribution in [2.75, 3.05) is 12.3 Å². The Labute approximate surface area is 131 Å². The molecule has 3 heteroatoms. The normalized spacial score (nSPS) is 10.6. The predicted octanol–water partition coefficient (Wildman–Crippen LogP) is 4.33. The first-order chi connectivity index (χ1) is 10.2. The molecule has 0 aliphatic rings. The standard InChI is InChI=1S/C18H21NOS/c1-14(2)15-8-10-16(11-9-15)18(20)19-12-13-21-17-6-4-3-5-7-17/h3-11,14H,12-13H2,1-2H3,(H,19,20). The quantitative estimate of drug-likeness (QED) is 0.635. The molecule has 0 spiro atoms. The van der Waals surface area contributed by atoms with Gasteiger partial charge in [-0.15, -0.1) is 11.8 Å². The minimum atomic E-state index is -0.000956. The summed E-state index contributed by atoms with van der Waals surface area (Å²) in [5.74, 6) is 1.36. The molecule has 0 saturated heterocycles. The van der Waals surface area contributed by atoms with Gasteiger partial charge < -0.3 is 5.32 Å². The van der Waals surface area contributed by atoms with Crippen molar-refractivity contribution < 1.29 is 4.79 Å². The number of thioether (sulfide) groups is 1. The van der Waals surface area contributed by atoms with Crippen molar-refractivity contribution in [3.63, 3.8) is 0 Å². The Kier molecular flexibility index (Phi) is 5.88. The van der Waals surface area contributed by atoms with Gasteiger partial charge in [-0.25, -0.2) is 0 Å². The Morgan fingerprint density at radius 2 is 1.71 bits per heavy atom. The molecule has 0 atom stereocenters. The summed E-state index contributed by atoms with van der Waals surface area (Å²) in [5.41, 5.74) is 1.98. The molecule has 2 aromatic rings. The summed E-state index contributed by atoms with van der Waals surface area (Å²) < 4.78 is 0. The lowest BCUT2D eigenvalue weighted by Gasteiger charge is -2.08. The second-order valence-corrected chi connectivity index (χ2v) is 6.36. The van der Waals surface area contributed by atoms with Crippen LogP contribution in [-0.4, -0.2) is 18.2 Å². The highest BCUT2D eigenvalue weighted by molar-refractivity contribution is 7.99. The van der Waals surface area contributed by atoms with Gasteiger partial charge in [0.2, 0.25) is 0 Å². The lowest BCUT2D eigenvalue weighted by molar-refractivity contribution is 0.0956. The molecule has 1 N–H and O–H groups in total. The second-order valence-electron chi connectivity index (χ2n) is 5.19. The van der Waals surface area contributed by atoms with Crippen molar-refractivity contribution in [3.05, 3.63) is 65.7 Å². The Bertz CT molecular complexity index is 564. The van der Waals surface area contributed by atoms with Crippen molar-refractivity contribution in [3.8, 4) is 0 Å². The molecule has 2 rings (SSSR count). The van der Waals surface area contributed by atoms with Crippen molar-refractivity contribution in [1.29, 1.82) is 0 Å². The Morgan fingerprint density at radius 1 is 1.05 bits per heavy atom. The average Bonchev–Trinajstić information content (AvgIpc) is 2.52. The van der Waals surface area contributed by atoms with E-state index in [1.54, 1.807) is 11.8 Å². The molecule has 0 saturated carbocycles. The fourth-order valence-corrected chi connectivity index (χ4v) is 2.76. The summed E-state index contributed by atoms with van der Waals surface area (Å²) in [6.07, 6.45) is 0. The third-order valence-corrected chi connectivity index (χ3v) is 4.25. The first kappa shape index (κ1) is 15.6. The van der Waals surface area contributed by atoms with Gasteiger partial charge >= 0.3 is 0 Å². The molecule has 2 nitrogen and oxygen atoms in total. The van der Waals surface area contributed by atoms with E-state index in [0.717, 1.165) is 11.3 Å². The highest BCUT2D eigenvalue weighted by Crippen LogP contribution is 2.16. The van der Waals surface area contributed by atoms with Gasteiger partial charge in [0.1, 0.15) is 0 Å². The molecule has 0 aromatic heterocycles. The summed E-state index contributed by atoms with van der Waals surface area (Å²) in [6, 6.07) is 18.1. The van der Waals surface area contributed by atoms with E-state index in [4.69, 9.17) is 0 Å². The van der Waals surface area contributed by atoms with Crippen LogP contribution in [0.25, 0.3) is 0 Å². The zero-order chi connectivity index (χ0) is 15.1. The molecule has 0 fully saturated rings. The van der Waals surface area contributed by atoms with Gasteiger partial charge in [-0.3, -0.25) is 4.79 Å². The fourth-order valence-electron chi connectivity index (χ4n) is 1.97. The van der Waals surface area contributed by atoms with Gasteiger partial charge in [0.15, 0.2) is 0 Å². The van der Waals surface area contributed by atoms with Gasteiger partial charge in [0.25, 0.3) is 5.91 Å². The number of hydrogen-bond donors (Lipinski definition) is 1. The van der Waals surface area contributed by atoms with Gasteiger partial charge in [0, 0.05) is 22.8 Å². The lowest BCUT2D eigenvalue weighted by atomic mass is 10.0. The molecular formula is C18H21NOS. The molecule has 0 aliphatic heterocycles. The monoisotopic (exact) mass is 299 g/mol. The summed E-state index contributed by atoms with van der Waals surface area (Å²) in [7, 11) is 0. The Balaban J connectivity index is 1.76. The summed E-state index contributed by atoms with van der Waals surface area (Å²) in [6.45, 7) is 4.97. The Morgan fingerprint density at radius 3 is 2.33 bits per heavy atom. The van der Waals surface area contributed by atoms with Crippen LogP contribution in [0.1, 0.15) is 35.7 Å². The number of hydrogen-bond acceptors (Lipinski definition) is 2. The van der Waals surface area contributed by atoms with Crippen LogP contribution in [0, 0.1) is 0 Å². The molecule has 0 radical (unpaired) electrons. The number of nitrogens with one attached hydrogen (secondary N) is 1. The van der Waals surface area contributed by atoms with E-state index >= 15 is 0 Å². The van der Waals surface area contributed by atoms with E-state index in [1.165, 1.54) is 10.5 Å². The zero-order valence-corrected chi connectivity index (χ0v) is 13.3. The van der Waals surface area contributed by atoms with Gasteiger partial charge in [0.05, 0.1) is 0 Å². The van der Waals surface area contributed by atoms with E-state index in [2.05, 4.69) is 31.3 Å². The number of carbonyl (C=O) groups excluding carboxylic acids is 1. The predicted molar refractivity (Wildman–Crippen MR) is 90.0 cm³/mol. The average molecular weight is 299 g/mol. The van der Waals surface area contributed by atoms with E-state index in [1.807, 2.05) is 42.5 Å². The largest absolute Gasteiger partial charge is 0.351 e. The maximum atomic E-state index is 12.0. The van der Waals surface area contributed by atoms with E-state index in [0.29, 0.717) is 12.5 Å². The Hall–Kier alpha value is -1.74. The third kappa shape index (κ3) is 4.94. The first-order valence-electron chi connectivity index (χ1n) is 7.23. The van der Waals surface area contributed by atoms with Crippen molar-refractivity contribution in [1.82, 2.24) is 5.32 Å². The van der Waals surface area contributed by atoms with Crippen molar-refractivity contribution >= 4 is 17.7 Å². The van der Waals surface area contributed by atoms with Crippen LogP contribution in [0.5, 0.6) is 0 Å². The van der Waals surface area contributed by atoms with Crippen LogP contribution < -0.4 is 5.32 Å². The fraction of sp³-hybridized carbons (Fsp3) is 0.278. The van der Waals surface area contributed by atoms with E-state index < -0.39 is 0 Å². The molecule has 21 heavy (non-hydrogen) atoms. The summed E-state index contributed by atoms with van der Waals surface area (Å²) in [4.78, 5) is 13.2. The molecule has 0 bridgehead atoms. The zero-order valence-electron chi connectivity index (χ0n) is 12.5. The maximum Gasteiger partial charge on any atom is 0.251 e. The van der Waals surface area contributed by atoms with Crippen molar-refractivity contribution in [2.45, 2.75) is 24.7 Å². The maximum absolute atomic E-state index is 12.0. The van der Waals surface area contributed by atoms with E-state index in [-0.39, 0.29) is 5.91 Å². The molecule has 0 unspecified atom stereocenters. The minimum Gasteiger partial charge on any atom is -0.351 e. The van der Waals surface area contributed by atoms with Gasteiger partial charge in [-0.1, -0.05) is 44.2 Å². The molecule has 0 aliphatic carbocycles. The number of carbonyl (C=O) groups is 1. The topological polar surface area (TPSA) is 29.1 Å². The number of amides is 1. The lowest BCUT2D eigenvalue weighted by Crippen LogP contribution is -2.25. The van der Waals surface area contributed by atoms with Crippen LogP contribution in [-0.2, 0) is 0 Å². The number of rotatable bonds is 6. The smallest absolute Gasteiger partial charge is 0.251 e. The molecule has 1 amide bonds. The molecule has 110 valence electrons. The van der Waals surface area contributed by atoms with Crippen LogP contribution in [0.15, 0.2) is 59.5 Å². The SMILES string of the molecule is CC(C)c1ccc(C(=O)NCCSc2ccccc2)cc1. The van der Waals surface area contributed by atoms with Crippen LogP contribution in [0.4, 0.5) is 0 Å². The minimum absolute atomic E-state index is 0.000956. The molecule has 0 heterocycles. The van der Waals surface area contributed by atoms with Crippen LogP contribution in [0.2, 0.25) is 0 Å². The third-order valence-electron chi connectivity index (χ3n) is 3.24. The molecule has 2 aromatic carbocycles. The molecular weight excluding hydrogens is 278 g/mol. The number of benzene rings is 2. The van der Waals surface area contributed by atoms with Crippen LogP contribution in [0.3, 0.4) is 0 Å². The highest BCUT2D eigenvalue weighted by atomic mass is 32.2. The summed E-state index contributed by atoms with van der Waals surface area (Å²) in [5, 5.41) is 2.96. The highest BCUT2D eigenvalue weighted by Gasteiger charge is 2.05. The van der Waals surface area contributed by atoms with Gasteiger partial charge in [-0.05, 0) is 35.7 Å². The van der Waals surface area contributed by atoms with Crippen molar-refractivity contribution in [2.24, 2.45) is 0 Å². The summed E-state index contributed by atoms with van der Waals surface area (Å²) >= 11 is 1.75.